The third-order valence-electron chi connectivity index (χ3n) is 3.97. The first-order valence-electron chi connectivity index (χ1n) is 6.77. The third-order valence-corrected chi connectivity index (χ3v) is 5.52. The molecule has 0 aliphatic rings. The minimum Gasteiger partial charge on any atom is -0.399 e. The monoisotopic (exact) mass is 300 g/mol. The molecule has 0 saturated carbocycles. The fourth-order valence-corrected chi connectivity index (χ4v) is 3.45. The van der Waals surface area contributed by atoms with Gasteiger partial charge in [-0.2, -0.15) is 0 Å². The third kappa shape index (κ3) is 3.71. The highest BCUT2D eigenvalue weighted by Gasteiger charge is 2.28. The van der Waals surface area contributed by atoms with Crippen LogP contribution in [-0.4, -0.2) is 26.7 Å². The van der Waals surface area contributed by atoms with Gasteiger partial charge in [0, 0.05) is 24.3 Å². The number of nitrogens with one attached hydrogen (secondary N) is 1. The molecule has 1 aromatic carbocycles. The van der Waals surface area contributed by atoms with E-state index in [0.29, 0.717) is 24.1 Å². The Kier molecular flexibility index (Phi) is 5.56. The lowest BCUT2D eigenvalue weighted by molar-refractivity contribution is 0.119. The number of aliphatic hydroxyl groups is 1. The van der Waals surface area contributed by atoms with Crippen molar-refractivity contribution >= 4 is 15.7 Å². The topological polar surface area (TPSA) is 92.4 Å². The van der Waals surface area contributed by atoms with Gasteiger partial charge < -0.3 is 10.8 Å². The highest BCUT2D eigenvalue weighted by molar-refractivity contribution is 7.89. The maximum Gasteiger partial charge on any atom is 0.240 e. The van der Waals surface area contributed by atoms with Gasteiger partial charge in [0.2, 0.25) is 10.0 Å². The number of nitrogen functional groups attached to an aromatic ring is 1. The molecular weight excluding hydrogens is 276 g/mol. The summed E-state index contributed by atoms with van der Waals surface area (Å²) in [6.07, 6.45) is 1.41. The Balaban J connectivity index is 2.98. The van der Waals surface area contributed by atoms with E-state index in [1.54, 1.807) is 19.1 Å². The van der Waals surface area contributed by atoms with Gasteiger partial charge in [-0.3, -0.25) is 0 Å². The zero-order valence-electron chi connectivity index (χ0n) is 12.3. The van der Waals surface area contributed by atoms with Crippen LogP contribution in [-0.2, 0) is 10.0 Å². The molecule has 0 aliphatic heterocycles. The van der Waals surface area contributed by atoms with Crippen LogP contribution in [0.5, 0.6) is 0 Å². The maximum atomic E-state index is 12.4. The Hall–Kier alpha value is -1.11. The van der Waals surface area contributed by atoms with Crippen molar-refractivity contribution in [2.24, 2.45) is 5.41 Å². The van der Waals surface area contributed by atoms with E-state index in [9.17, 15) is 13.5 Å². The fraction of sp³-hybridized carbons (Fsp3) is 0.571. The normalized spacial score (nSPS) is 12.6. The number of hydrogen-bond donors (Lipinski definition) is 3. The molecule has 1 rings (SSSR count). The largest absolute Gasteiger partial charge is 0.399 e. The Morgan fingerprint density at radius 2 is 1.90 bits per heavy atom. The quantitative estimate of drug-likeness (QED) is 0.668. The average Bonchev–Trinajstić information content (AvgIpc) is 2.43. The number of aliphatic hydroxyl groups excluding tert-OH is 1. The average molecular weight is 300 g/mol. The van der Waals surface area contributed by atoms with Gasteiger partial charge in [0.25, 0.3) is 0 Å². The zero-order chi connectivity index (χ0) is 15.4. The van der Waals surface area contributed by atoms with Crippen LogP contribution in [0.25, 0.3) is 0 Å². The Morgan fingerprint density at radius 3 is 2.40 bits per heavy atom. The second-order valence-corrected chi connectivity index (χ2v) is 6.95. The molecule has 0 saturated heterocycles. The van der Waals surface area contributed by atoms with E-state index in [1.165, 1.54) is 6.07 Å². The Labute approximate surface area is 121 Å². The minimum absolute atomic E-state index is 0.0432. The van der Waals surface area contributed by atoms with Crippen molar-refractivity contribution in [3.05, 3.63) is 23.8 Å². The van der Waals surface area contributed by atoms with Crippen LogP contribution in [0.2, 0.25) is 0 Å². The molecule has 114 valence electrons. The molecular formula is C14H24N2O3S. The summed E-state index contributed by atoms with van der Waals surface area (Å²) in [5.41, 5.74) is 6.30. The molecule has 0 heterocycles. The maximum absolute atomic E-state index is 12.4. The predicted molar refractivity (Wildman–Crippen MR) is 80.9 cm³/mol. The summed E-state index contributed by atoms with van der Waals surface area (Å²) in [4.78, 5) is 0.191. The molecule has 0 amide bonds. The lowest BCUT2D eigenvalue weighted by Gasteiger charge is -2.29. The van der Waals surface area contributed by atoms with Crippen molar-refractivity contribution in [1.82, 2.24) is 4.72 Å². The van der Waals surface area contributed by atoms with E-state index < -0.39 is 15.4 Å². The number of hydrogen-bond acceptors (Lipinski definition) is 4. The van der Waals surface area contributed by atoms with Gasteiger partial charge in [0.1, 0.15) is 0 Å². The van der Waals surface area contributed by atoms with Crippen molar-refractivity contribution in [2.45, 2.75) is 38.5 Å². The molecule has 0 unspecified atom stereocenters. The van der Waals surface area contributed by atoms with Crippen molar-refractivity contribution in [3.8, 4) is 0 Å². The highest BCUT2D eigenvalue weighted by atomic mass is 32.2. The van der Waals surface area contributed by atoms with Crippen LogP contribution >= 0.6 is 0 Å². The molecule has 1 aromatic rings. The van der Waals surface area contributed by atoms with Crippen molar-refractivity contribution in [2.75, 3.05) is 18.9 Å². The summed E-state index contributed by atoms with van der Waals surface area (Å²) < 4.78 is 27.3. The molecule has 0 spiro atoms. The first-order chi connectivity index (χ1) is 9.30. The summed E-state index contributed by atoms with van der Waals surface area (Å²) in [7, 11) is -3.62. The SMILES string of the molecule is CCC(CC)(CO)CNS(=O)(=O)c1cc(N)ccc1C. The van der Waals surface area contributed by atoms with Gasteiger partial charge in [0.15, 0.2) is 0 Å². The standard InChI is InChI=1S/C14H24N2O3S/c1-4-14(5-2,10-17)9-16-20(18,19)13-8-12(15)7-6-11(13)3/h6-8,16-17H,4-5,9-10,15H2,1-3H3. The molecule has 20 heavy (non-hydrogen) atoms. The van der Waals surface area contributed by atoms with Gasteiger partial charge in [0.05, 0.1) is 4.90 Å². The molecule has 0 aliphatic carbocycles. The molecule has 0 fully saturated rings. The smallest absolute Gasteiger partial charge is 0.240 e. The van der Waals surface area contributed by atoms with Gasteiger partial charge in [-0.1, -0.05) is 19.9 Å². The number of nitrogens with two attached hydrogens (primary N) is 1. The van der Waals surface area contributed by atoms with Crippen LogP contribution in [0.1, 0.15) is 32.3 Å². The number of benzene rings is 1. The molecule has 5 nitrogen and oxygen atoms in total. The van der Waals surface area contributed by atoms with E-state index >= 15 is 0 Å². The van der Waals surface area contributed by atoms with Gasteiger partial charge in [-0.15, -0.1) is 0 Å². The first-order valence-corrected chi connectivity index (χ1v) is 8.25. The van der Waals surface area contributed by atoms with Crippen LogP contribution in [0, 0.1) is 12.3 Å². The minimum atomic E-state index is -3.62. The molecule has 0 atom stereocenters. The molecule has 6 heteroatoms. The van der Waals surface area contributed by atoms with Crippen LogP contribution in [0.15, 0.2) is 23.1 Å². The summed E-state index contributed by atoms with van der Waals surface area (Å²) in [5.74, 6) is 0. The zero-order valence-corrected chi connectivity index (χ0v) is 13.1. The van der Waals surface area contributed by atoms with Crippen molar-refractivity contribution in [1.29, 1.82) is 0 Å². The molecule has 4 N–H and O–H groups in total. The number of anilines is 1. The van der Waals surface area contributed by atoms with E-state index in [1.807, 2.05) is 13.8 Å². The van der Waals surface area contributed by atoms with Gasteiger partial charge >= 0.3 is 0 Å². The summed E-state index contributed by atoms with van der Waals surface area (Å²) in [5, 5.41) is 9.49. The van der Waals surface area contributed by atoms with Crippen molar-refractivity contribution in [3.63, 3.8) is 0 Å². The van der Waals surface area contributed by atoms with Gasteiger partial charge in [-0.05, 0) is 37.5 Å². The number of rotatable bonds is 7. The van der Waals surface area contributed by atoms with E-state index in [-0.39, 0.29) is 18.0 Å². The Morgan fingerprint density at radius 1 is 1.30 bits per heavy atom. The second kappa shape index (κ2) is 6.56. The van der Waals surface area contributed by atoms with Crippen LogP contribution < -0.4 is 10.5 Å². The highest BCUT2D eigenvalue weighted by Crippen LogP contribution is 2.26. The molecule has 0 aromatic heterocycles. The fourth-order valence-electron chi connectivity index (χ4n) is 2.01. The lowest BCUT2D eigenvalue weighted by atomic mass is 9.84. The number of sulfonamides is 1. The molecule has 0 radical (unpaired) electrons. The van der Waals surface area contributed by atoms with E-state index in [4.69, 9.17) is 5.73 Å². The van der Waals surface area contributed by atoms with Crippen molar-refractivity contribution < 1.29 is 13.5 Å². The van der Waals surface area contributed by atoms with E-state index in [0.717, 1.165) is 0 Å². The van der Waals surface area contributed by atoms with E-state index in [2.05, 4.69) is 4.72 Å². The summed E-state index contributed by atoms with van der Waals surface area (Å²) in [6.45, 7) is 5.79. The second-order valence-electron chi connectivity index (χ2n) is 5.21. The van der Waals surface area contributed by atoms with Gasteiger partial charge in [-0.25, -0.2) is 13.1 Å². The Bertz CT molecular complexity index is 543. The number of aryl methyl sites for hydroxylation is 1. The molecule has 0 bridgehead atoms. The van der Waals surface area contributed by atoms with Crippen LogP contribution in [0.4, 0.5) is 5.69 Å². The van der Waals surface area contributed by atoms with Crippen LogP contribution in [0.3, 0.4) is 0 Å². The lowest BCUT2D eigenvalue weighted by Crippen LogP contribution is -2.39. The predicted octanol–water partition coefficient (Wildman–Crippen LogP) is 1.65. The summed E-state index contributed by atoms with van der Waals surface area (Å²) >= 11 is 0. The first kappa shape index (κ1) is 16.9. The summed E-state index contributed by atoms with van der Waals surface area (Å²) in [6, 6.07) is 4.81.